The lowest BCUT2D eigenvalue weighted by Gasteiger charge is -2.11. The molecule has 0 radical (unpaired) electrons. The first-order valence-electron chi connectivity index (χ1n) is 7.64. The van der Waals surface area contributed by atoms with Crippen molar-refractivity contribution in [1.82, 2.24) is 15.2 Å². The lowest BCUT2D eigenvalue weighted by atomic mass is 10.3. The first kappa shape index (κ1) is 16.0. The molecule has 118 valence electrons. The summed E-state index contributed by atoms with van der Waals surface area (Å²) in [5, 5.41) is 14.3. The Hall–Kier alpha value is -2.37. The average molecular weight is 301 g/mol. The quantitative estimate of drug-likeness (QED) is 0.726. The van der Waals surface area contributed by atoms with Gasteiger partial charge in [0.15, 0.2) is 5.82 Å². The van der Waals surface area contributed by atoms with E-state index in [-0.39, 0.29) is 6.10 Å². The van der Waals surface area contributed by atoms with Gasteiger partial charge in [-0.15, -0.1) is 5.10 Å². The van der Waals surface area contributed by atoms with Gasteiger partial charge in [-0.3, -0.25) is 0 Å². The van der Waals surface area contributed by atoms with Gasteiger partial charge >= 0.3 is 0 Å². The maximum absolute atomic E-state index is 5.62. The number of unbranched alkanes of at least 4 members (excludes halogenated alkanes) is 1. The number of anilines is 3. The molecule has 22 heavy (non-hydrogen) atoms. The van der Waals surface area contributed by atoms with Crippen molar-refractivity contribution in [3.05, 3.63) is 30.5 Å². The fourth-order valence-electron chi connectivity index (χ4n) is 1.85. The van der Waals surface area contributed by atoms with E-state index in [4.69, 9.17) is 4.74 Å². The first-order valence-corrected chi connectivity index (χ1v) is 7.64. The molecule has 0 fully saturated rings. The van der Waals surface area contributed by atoms with Crippen molar-refractivity contribution in [1.29, 1.82) is 0 Å². The van der Waals surface area contributed by atoms with Crippen LogP contribution in [0.15, 0.2) is 30.5 Å². The van der Waals surface area contributed by atoms with Gasteiger partial charge < -0.3 is 15.4 Å². The molecule has 1 aromatic carbocycles. The number of aromatic nitrogens is 3. The van der Waals surface area contributed by atoms with Gasteiger partial charge in [-0.2, -0.15) is 10.1 Å². The molecule has 0 amide bonds. The Kier molecular flexibility index (Phi) is 5.94. The predicted molar refractivity (Wildman–Crippen MR) is 88.7 cm³/mol. The molecule has 0 aliphatic heterocycles. The molecule has 1 heterocycles. The van der Waals surface area contributed by atoms with Crippen LogP contribution < -0.4 is 15.4 Å². The van der Waals surface area contributed by atoms with Gasteiger partial charge in [-0.05, 0) is 44.5 Å². The van der Waals surface area contributed by atoms with E-state index in [0.717, 1.165) is 30.8 Å². The first-order chi connectivity index (χ1) is 10.7. The Morgan fingerprint density at radius 2 is 1.95 bits per heavy atom. The predicted octanol–water partition coefficient (Wildman–Crippen LogP) is 3.61. The van der Waals surface area contributed by atoms with Crippen molar-refractivity contribution >= 4 is 17.5 Å². The van der Waals surface area contributed by atoms with E-state index < -0.39 is 0 Å². The molecule has 0 aliphatic carbocycles. The van der Waals surface area contributed by atoms with Crippen molar-refractivity contribution in [2.45, 2.75) is 39.7 Å². The minimum Gasteiger partial charge on any atom is -0.491 e. The van der Waals surface area contributed by atoms with Crippen molar-refractivity contribution in [2.24, 2.45) is 0 Å². The van der Waals surface area contributed by atoms with Crippen molar-refractivity contribution < 1.29 is 4.74 Å². The van der Waals surface area contributed by atoms with Crippen LogP contribution in [0.4, 0.5) is 17.5 Å². The van der Waals surface area contributed by atoms with Crippen LogP contribution in [0.5, 0.6) is 5.75 Å². The second-order valence-electron chi connectivity index (χ2n) is 5.26. The third-order valence-corrected chi connectivity index (χ3v) is 2.87. The van der Waals surface area contributed by atoms with E-state index in [1.54, 1.807) is 6.20 Å². The Labute approximate surface area is 131 Å². The summed E-state index contributed by atoms with van der Waals surface area (Å²) in [5.41, 5.74) is 0.927. The molecule has 1 aromatic heterocycles. The normalized spacial score (nSPS) is 10.5. The van der Waals surface area contributed by atoms with E-state index in [9.17, 15) is 0 Å². The summed E-state index contributed by atoms with van der Waals surface area (Å²) in [6.07, 6.45) is 3.98. The smallest absolute Gasteiger partial charge is 0.244 e. The van der Waals surface area contributed by atoms with Gasteiger partial charge in [0.2, 0.25) is 5.95 Å². The summed E-state index contributed by atoms with van der Waals surface area (Å²) in [6, 6.07) is 7.75. The summed E-state index contributed by atoms with van der Waals surface area (Å²) in [6.45, 7) is 7.01. The minimum absolute atomic E-state index is 0.168. The highest BCUT2D eigenvalue weighted by Gasteiger charge is 2.02. The van der Waals surface area contributed by atoms with Crippen LogP contribution in [0, 0.1) is 0 Å². The minimum atomic E-state index is 0.168. The van der Waals surface area contributed by atoms with Crippen molar-refractivity contribution in [3.63, 3.8) is 0 Å². The van der Waals surface area contributed by atoms with Gasteiger partial charge in [0.05, 0.1) is 12.3 Å². The molecule has 2 aromatic rings. The number of nitrogens with one attached hydrogen (secondary N) is 2. The third-order valence-electron chi connectivity index (χ3n) is 2.87. The number of hydrogen-bond acceptors (Lipinski definition) is 6. The van der Waals surface area contributed by atoms with Crippen LogP contribution in [0.3, 0.4) is 0 Å². The zero-order valence-electron chi connectivity index (χ0n) is 13.3. The molecule has 2 N–H and O–H groups in total. The van der Waals surface area contributed by atoms with Crippen LogP contribution in [-0.2, 0) is 0 Å². The Morgan fingerprint density at radius 3 is 2.64 bits per heavy atom. The fourth-order valence-corrected chi connectivity index (χ4v) is 1.85. The highest BCUT2D eigenvalue weighted by atomic mass is 16.5. The van der Waals surface area contributed by atoms with Gasteiger partial charge in [0, 0.05) is 12.2 Å². The number of nitrogens with zero attached hydrogens (tertiary/aromatic N) is 3. The number of rotatable bonds is 8. The van der Waals surface area contributed by atoms with Crippen LogP contribution in [0.1, 0.15) is 33.6 Å². The Morgan fingerprint density at radius 1 is 1.18 bits per heavy atom. The fraction of sp³-hybridized carbons (Fsp3) is 0.438. The highest BCUT2D eigenvalue weighted by Crippen LogP contribution is 2.19. The molecule has 6 heteroatoms. The monoisotopic (exact) mass is 301 g/mol. The van der Waals surface area contributed by atoms with Crippen LogP contribution in [-0.4, -0.2) is 27.8 Å². The lowest BCUT2D eigenvalue weighted by molar-refractivity contribution is 0.242. The van der Waals surface area contributed by atoms with E-state index in [1.165, 1.54) is 0 Å². The molecule has 0 unspecified atom stereocenters. The molecular formula is C16H23N5O. The number of hydrogen-bond donors (Lipinski definition) is 2. The van der Waals surface area contributed by atoms with Gasteiger partial charge in [0.1, 0.15) is 5.75 Å². The number of benzene rings is 1. The molecule has 6 nitrogen and oxygen atoms in total. The average Bonchev–Trinajstić information content (AvgIpc) is 2.49. The van der Waals surface area contributed by atoms with Crippen LogP contribution in [0.2, 0.25) is 0 Å². The summed E-state index contributed by atoms with van der Waals surface area (Å²) in [7, 11) is 0. The third kappa shape index (κ3) is 5.20. The molecular weight excluding hydrogens is 278 g/mol. The van der Waals surface area contributed by atoms with E-state index in [1.807, 2.05) is 38.1 Å². The summed E-state index contributed by atoms with van der Waals surface area (Å²) in [4.78, 5) is 4.38. The molecule has 0 atom stereocenters. The van der Waals surface area contributed by atoms with Crippen LogP contribution in [0.25, 0.3) is 0 Å². The van der Waals surface area contributed by atoms with Crippen molar-refractivity contribution in [2.75, 3.05) is 17.2 Å². The summed E-state index contributed by atoms with van der Waals surface area (Å²) >= 11 is 0. The van der Waals surface area contributed by atoms with Crippen LogP contribution >= 0.6 is 0 Å². The Bertz CT molecular complexity index is 571. The molecule has 0 saturated carbocycles. The van der Waals surface area contributed by atoms with E-state index in [0.29, 0.717) is 11.8 Å². The zero-order valence-corrected chi connectivity index (χ0v) is 13.3. The Balaban J connectivity index is 1.96. The molecule has 0 spiro atoms. The molecule has 0 aliphatic rings. The lowest BCUT2D eigenvalue weighted by Crippen LogP contribution is -2.07. The molecule has 0 saturated heterocycles. The van der Waals surface area contributed by atoms with Gasteiger partial charge in [0.25, 0.3) is 0 Å². The molecule has 2 rings (SSSR count). The largest absolute Gasteiger partial charge is 0.491 e. The second-order valence-corrected chi connectivity index (χ2v) is 5.26. The SMILES string of the molecule is CCCCNc1nncc(Nc2ccc(OC(C)C)cc2)n1. The second kappa shape index (κ2) is 8.17. The topological polar surface area (TPSA) is 72.0 Å². The molecule has 0 bridgehead atoms. The standard InChI is InChI=1S/C16H23N5O/c1-4-5-10-17-16-20-15(11-18-21-16)19-13-6-8-14(9-7-13)22-12(2)3/h6-9,11-12H,4-5,10H2,1-3H3,(H2,17,19,20,21). The van der Waals surface area contributed by atoms with E-state index >= 15 is 0 Å². The summed E-state index contributed by atoms with van der Waals surface area (Å²) < 4.78 is 5.62. The summed E-state index contributed by atoms with van der Waals surface area (Å²) in [5.74, 6) is 2.05. The maximum Gasteiger partial charge on any atom is 0.244 e. The number of ether oxygens (including phenoxy) is 1. The van der Waals surface area contributed by atoms with Gasteiger partial charge in [-0.25, -0.2) is 0 Å². The maximum atomic E-state index is 5.62. The van der Waals surface area contributed by atoms with Gasteiger partial charge in [-0.1, -0.05) is 13.3 Å². The van der Waals surface area contributed by atoms with E-state index in [2.05, 4.69) is 32.7 Å². The van der Waals surface area contributed by atoms with Crippen molar-refractivity contribution in [3.8, 4) is 5.75 Å². The highest BCUT2D eigenvalue weighted by molar-refractivity contribution is 5.57. The zero-order chi connectivity index (χ0) is 15.8.